The molecule has 14 rings (SSSR count). The molecule has 0 radical (unpaired) electrons. The van der Waals surface area contributed by atoms with Crippen LogP contribution in [0, 0.1) is 17.8 Å². The van der Waals surface area contributed by atoms with Crippen molar-refractivity contribution in [2.75, 3.05) is 54.9 Å². The number of fused-ring (bicyclic) bond motifs is 4. The predicted molar refractivity (Wildman–Crippen MR) is 422 cm³/mol. The molecule has 108 heavy (non-hydrogen) atoms. The van der Waals surface area contributed by atoms with E-state index in [1.807, 2.05) is 212 Å². The molecule has 558 valence electrons. The highest BCUT2D eigenvalue weighted by atomic mass is 16.5. The maximum absolute atomic E-state index is 11.8. The highest BCUT2D eigenvalue weighted by Crippen LogP contribution is 2.36. The van der Waals surface area contributed by atoms with Gasteiger partial charge in [0.15, 0.2) is 0 Å². The molecule has 1 saturated carbocycles. The van der Waals surface area contributed by atoms with Gasteiger partial charge in [-0.3, -0.25) is 37.9 Å². The first-order valence-electron chi connectivity index (χ1n) is 36.7. The largest absolute Gasteiger partial charge is 0.494 e. The first kappa shape index (κ1) is 77.1. The first-order valence-corrected chi connectivity index (χ1v) is 36.7. The normalized spacial score (nSPS) is 12.0. The molecule has 0 amide bonds. The Labute approximate surface area is 630 Å². The van der Waals surface area contributed by atoms with Crippen molar-refractivity contribution in [3.63, 3.8) is 0 Å². The van der Waals surface area contributed by atoms with E-state index in [9.17, 15) is 19.2 Å². The SMILES string of the molecule is COC(=O)Cn1nc(-c2cccc(OCC(C)C)c2)c2ccccc21.COC(=O)Cn1nc(-c2cccc(OCC3CCCCC3)c2)c2ccccc21.COC(=O)Cn1nc(-c2cccc(OCCC(C)C)c2)c2ccccc21.COC(=O)Cn1nc(-c2cccc(OCCc3ccccc3)c2)c2ccccc21. The van der Waals surface area contributed by atoms with Crippen LogP contribution in [0.4, 0.5) is 0 Å². The summed E-state index contributed by atoms with van der Waals surface area (Å²) < 4.78 is 49.7. The van der Waals surface area contributed by atoms with Crippen LogP contribution in [0.15, 0.2) is 224 Å². The molecule has 1 aliphatic carbocycles. The summed E-state index contributed by atoms with van der Waals surface area (Å²) in [5.74, 6) is 3.75. The molecule has 1 aliphatic rings. The van der Waals surface area contributed by atoms with Gasteiger partial charge in [0.05, 0.1) is 76.9 Å². The van der Waals surface area contributed by atoms with Crippen LogP contribution < -0.4 is 18.9 Å². The van der Waals surface area contributed by atoms with Gasteiger partial charge >= 0.3 is 23.9 Å². The molecular formula is C88H94N8O12. The van der Waals surface area contributed by atoms with Gasteiger partial charge in [-0.1, -0.05) is 199 Å². The second kappa shape index (κ2) is 38.3. The molecule has 20 heteroatoms. The molecule has 0 N–H and O–H groups in total. The maximum atomic E-state index is 11.8. The van der Waals surface area contributed by atoms with Crippen molar-refractivity contribution < 1.29 is 57.1 Å². The first-order chi connectivity index (χ1) is 52.6. The molecule has 0 atom stereocenters. The molecule has 1 fully saturated rings. The van der Waals surface area contributed by atoms with Gasteiger partial charge in [-0.05, 0) is 115 Å². The summed E-state index contributed by atoms with van der Waals surface area (Å²) in [6.07, 6.45) is 8.38. The zero-order valence-corrected chi connectivity index (χ0v) is 62.7. The monoisotopic (exact) mass is 1450 g/mol. The van der Waals surface area contributed by atoms with Crippen molar-refractivity contribution in [3.05, 3.63) is 230 Å². The number of rotatable bonds is 26. The molecule has 0 saturated heterocycles. The quantitative estimate of drug-likeness (QED) is 0.0364. The van der Waals surface area contributed by atoms with Crippen LogP contribution in [-0.4, -0.2) is 118 Å². The number of hydrogen-bond donors (Lipinski definition) is 0. The van der Waals surface area contributed by atoms with Gasteiger partial charge in [-0.25, -0.2) is 0 Å². The van der Waals surface area contributed by atoms with Gasteiger partial charge in [0, 0.05) is 50.2 Å². The van der Waals surface area contributed by atoms with E-state index >= 15 is 0 Å². The Morgan fingerprint density at radius 3 is 1.03 bits per heavy atom. The van der Waals surface area contributed by atoms with Crippen LogP contribution in [0.3, 0.4) is 0 Å². The second-order valence-electron chi connectivity index (χ2n) is 27.1. The molecule has 9 aromatic carbocycles. The molecule has 20 nitrogen and oxygen atoms in total. The number of methoxy groups -OCH3 is 4. The summed E-state index contributed by atoms with van der Waals surface area (Å²) in [7, 11) is 5.53. The number of esters is 4. The number of hydrogen-bond acceptors (Lipinski definition) is 16. The van der Waals surface area contributed by atoms with E-state index in [-0.39, 0.29) is 50.1 Å². The minimum absolute atomic E-state index is 0.0737. The topological polar surface area (TPSA) is 213 Å². The average molecular weight is 1460 g/mol. The van der Waals surface area contributed by atoms with Gasteiger partial charge in [0.1, 0.15) is 72.0 Å². The summed E-state index contributed by atoms with van der Waals surface area (Å²) in [4.78, 5) is 46.9. The van der Waals surface area contributed by atoms with Gasteiger partial charge < -0.3 is 37.9 Å². The molecule has 0 unspecified atom stereocenters. The van der Waals surface area contributed by atoms with E-state index in [1.165, 1.54) is 66.1 Å². The number of carbonyl (C=O) groups is 4. The second-order valence-corrected chi connectivity index (χ2v) is 27.1. The Bertz CT molecular complexity index is 5130. The van der Waals surface area contributed by atoms with Gasteiger partial charge in [-0.2, -0.15) is 20.4 Å². The third kappa shape index (κ3) is 20.7. The summed E-state index contributed by atoms with van der Waals surface area (Å²) >= 11 is 0. The third-order valence-corrected chi connectivity index (χ3v) is 18.3. The lowest BCUT2D eigenvalue weighted by Gasteiger charge is -2.21. The number of nitrogens with zero attached hydrogens (tertiary/aromatic N) is 8. The van der Waals surface area contributed by atoms with Gasteiger partial charge in [-0.15, -0.1) is 0 Å². The molecule has 4 aromatic heterocycles. The lowest BCUT2D eigenvalue weighted by Crippen LogP contribution is -2.15. The Morgan fingerprint density at radius 1 is 0.361 bits per heavy atom. The Hall–Kier alpha value is -12.1. The van der Waals surface area contributed by atoms with E-state index in [0.717, 1.165) is 131 Å². The molecule has 0 spiro atoms. The highest BCUT2D eigenvalue weighted by Gasteiger charge is 2.21. The third-order valence-electron chi connectivity index (χ3n) is 18.3. The van der Waals surface area contributed by atoms with Crippen LogP contribution in [-0.2, 0) is 70.7 Å². The maximum Gasteiger partial charge on any atom is 0.327 e. The molecule has 13 aromatic rings. The zero-order valence-electron chi connectivity index (χ0n) is 62.7. The number of ether oxygens (including phenoxy) is 8. The average Bonchev–Trinajstić information content (AvgIpc) is 1.66. The van der Waals surface area contributed by atoms with Gasteiger partial charge in [0.25, 0.3) is 0 Å². The number of benzene rings is 9. The van der Waals surface area contributed by atoms with E-state index in [0.29, 0.717) is 37.6 Å². The standard InChI is InChI=1S/C24H22N2O3.C23H26N2O3.C21H24N2O3.C20H22N2O3/c1-28-23(27)17-26-22-13-6-5-12-21(22)24(25-26)19-10-7-11-20(16-19)29-15-14-18-8-3-2-4-9-18;1-27-22(26)15-25-21-13-6-5-12-20(21)23(24-25)18-10-7-11-19(14-18)28-16-17-8-3-2-4-9-17;1-15(2)11-12-26-17-8-6-7-16(13-17)21-18-9-4-5-10-19(18)23(22-21)14-20(24)25-3;1-14(2)13-25-16-8-6-7-15(11-16)20-17-9-4-5-10-18(17)22(21-20)12-19(23)24-3/h2-13,16H,14-15,17H2,1H3;5-7,10-14,17H,2-4,8-9,15-16H2,1H3;4-10,13,15H,11-12,14H2,1-3H3;4-11,14H,12-13H2,1-3H3. The lowest BCUT2D eigenvalue weighted by atomic mass is 9.90. The fourth-order valence-corrected chi connectivity index (χ4v) is 12.7. The highest BCUT2D eigenvalue weighted by molar-refractivity contribution is 5.97. The van der Waals surface area contributed by atoms with Crippen molar-refractivity contribution in [1.82, 2.24) is 39.1 Å². The minimum atomic E-state index is -0.331. The summed E-state index contributed by atoms with van der Waals surface area (Å²) in [6.45, 7) is 11.7. The molecule has 4 heterocycles. The van der Waals surface area contributed by atoms with Crippen molar-refractivity contribution in [2.24, 2.45) is 17.8 Å². The van der Waals surface area contributed by atoms with Gasteiger partial charge in [0.2, 0.25) is 0 Å². The molecule has 0 aliphatic heterocycles. The van der Waals surface area contributed by atoms with E-state index in [2.05, 4.69) is 55.1 Å². The number of para-hydroxylation sites is 4. The molecular weight excluding hydrogens is 1360 g/mol. The van der Waals surface area contributed by atoms with Crippen molar-refractivity contribution in [1.29, 1.82) is 0 Å². The summed E-state index contributed by atoms with van der Waals surface area (Å²) in [6, 6.07) is 73.6. The van der Waals surface area contributed by atoms with Crippen LogP contribution >= 0.6 is 0 Å². The van der Waals surface area contributed by atoms with Crippen molar-refractivity contribution >= 4 is 67.5 Å². The van der Waals surface area contributed by atoms with Crippen LogP contribution in [0.2, 0.25) is 0 Å². The fraction of sp³-hybridized carbons (Fsp3) is 0.295. The van der Waals surface area contributed by atoms with Crippen LogP contribution in [0.25, 0.3) is 88.6 Å². The predicted octanol–water partition coefficient (Wildman–Crippen LogP) is 17.5. The summed E-state index contributed by atoms with van der Waals surface area (Å²) in [5.41, 5.74) is 12.0. The Kier molecular flexibility index (Phi) is 27.3. The Balaban J connectivity index is 0.000000144. The minimum Gasteiger partial charge on any atom is -0.494 e. The smallest absolute Gasteiger partial charge is 0.327 e. The van der Waals surface area contributed by atoms with E-state index in [1.54, 1.807) is 18.7 Å². The summed E-state index contributed by atoms with van der Waals surface area (Å²) in [5, 5.41) is 22.7. The molecule has 0 bridgehead atoms. The lowest BCUT2D eigenvalue weighted by molar-refractivity contribution is -0.142. The van der Waals surface area contributed by atoms with Crippen molar-refractivity contribution in [3.8, 4) is 68.0 Å². The van der Waals surface area contributed by atoms with E-state index < -0.39 is 0 Å². The van der Waals surface area contributed by atoms with E-state index in [4.69, 9.17) is 43.0 Å². The van der Waals surface area contributed by atoms with Crippen molar-refractivity contribution in [2.45, 2.75) is 98.8 Å². The zero-order chi connectivity index (χ0) is 75.7. The fourth-order valence-electron chi connectivity index (χ4n) is 12.7. The van der Waals surface area contributed by atoms with Crippen LogP contribution in [0.5, 0.6) is 23.0 Å². The number of aromatic nitrogens is 8. The van der Waals surface area contributed by atoms with Crippen LogP contribution in [0.1, 0.15) is 71.8 Å². The Morgan fingerprint density at radius 2 is 0.685 bits per heavy atom. The number of carbonyl (C=O) groups excluding carboxylic acids is 4.